The maximum Gasteiger partial charge on any atom is 0.00641 e. The Morgan fingerprint density at radius 1 is 1.38 bits per heavy atom. The molecular weight excluding hydrogens is 156 g/mol. The van der Waals surface area contributed by atoms with Gasteiger partial charge in [0.05, 0.1) is 0 Å². The summed E-state index contributed by atoms with van der Waals surface area (Å²) in [5.74, 6) is 0.564. The molecule has 1 unspecified atom stereocenters. The molecule has 0 saturated heterocycles. The van der Waals surface area contributed by atoms with E-state index in [0.717, 1.165) is 6.42 Å². The molecule has 0 radical (unpaired) electrons. The van der Waals surface area contributed by atoms with Crippen LogP contribution in [-0.4, -0.2) is 0 Å². The molecule has 0 fully saturated rings. The second kappa shape index (κ2) is 3.21. The van der Waals surface area contributed by atoms with Gasteiger partial charge in [-0.15, -0.1) is 6.58 Å². The lowest BCUT2D eigenvalue weighted by Crippen LogP contribution is -1.92. The van der Waals surface area contributed by atoms with Gasteiger partial charge in [-0.2, -0.15) is 0 Å². The van der Waals surface area contributed by atoms with Gasteiger partial charge < -0.3 is 0 Å². The average molecular weight is 170 g/mol. The van der Waals surface area contributed by atoms with Crippen LogP contribution in [0.2, 0.25) is 0 Å². The van der Waals surface area contributed by atoms with E-state index in [0.29, 0.717) is 5.92 Å². The van der Waals surface area contributed by atoms with Crippen LogP contribution in [0.25, 0.3) is 6.08 Å². The lowest BCUT2D eigenvalue weighted by atomic mass is 9.95. The van der Waals surface area contributed by atoms with E-state index in [9.17, 15) is 0 Å². The highest BCUT2D eigenvalue weighted by Crippen LogP contribution is 2.33. The van der Waals surface area contributed by atoms with Crippen LogP contribution in [0.15, 0.2) is 42.5 Å². The van der Waals surface area contributed by atoms with E-state index in [2.05, 4.69) is 49.9 Å². The molecule has 0 N–H and O–H groups in total. The summed E-state index contributed by atoms with van der Waals surface area (Å²) in [5, 5.41) is 0. The molecule has 2 rings (SSSR count). The largest absolute Gasteiger partial charge is 0.100 e. The molecule has 66 valence electrons. The van der Waals surface area contributed by atoms with Gasteiger partial charge in [0.25, 0.3) is 0 Å². The van der Waals surface area contributed by atoms with Crippen molar-refractivity contribution >= 4 is 6.08 Å². The first-order chi connectivity index (χ1) is 6.27. The standard InChI is InChI=1S/C13H14/c1-10(2)9-12-8-7-11-5-3-4-6-13(11)12/h3-8,12H,1,9H2,2H3. The molecule has 1 aromatic carbocycles. The van der Waals surface area contributed by atoms with Gasteiger partial charge in [0, 0.05) is 5.92 Å². The zero-order chi connectivity index (χ0) is 9.26. The van der Waals surface area contributed by atoms with Crippen LogP contribution in [0.5, 0.6) is 0 Å². The SMILES string of the molecule is C=C(C)CC1C=Cc2ccccc21. The first-order valence-electron chi connectivity index (χ1n) is 4.69. The topological polar surface area (TPSA) is 0 Å². The third kappa shape index (κ3) is 1.57. The summed E-state index contributed by atoms with van der Waals surface area (Å²) in [6, 6.07) is 8.58. The summed E-state index contributed by atoms with van der Waals surface area (Å²) in [6.45, 7) is 6.05. The van der Waals surface area contributed by atoms with Gasteiger partial charge >= 0.3 is 0 Å². The van der Waals surface area contributed by atoms with Crippen LogP contribution in [0.3, 0.4) is 0 Å². The Morgan fingerprint density at radius 3 is 2.92 bits per heavy atom. The van der Waals surface area contributed by atoms with Gasteiger partial charge in [-0.25, -0.2) is 0 Å². The molecule has 0 aromatic heterocycles. The van der Waals surface area contributed by atoms with E-state index in [1.54, 1.807) is 0 Å². The highest BCUT2D eigenvalue weighted by Gasteiger charge is 2.15. The molecule has 13 heavy (non-hydrogen) atoms. The third-order valence-electron chi connectivity index (χ3n) is 2.47. The van der Waals surface area contributed by atoms with Crippen molar-refractivity contribution in [1.29, 1.82) is 0 Å². The Balaban J connectivity index is 2.28. The Morgan fingerprint density at radius 2 is 2.15 bits per heavy atom. The van der Waals surface area contributed by atoms with Crippen molar-refractivity contribution < 1.29 is 0 Å². The number of benzene rings is 1. The van der Waals surface area contributed by atoms with Crippen LogP contribution in [-0.2, 0) is 0 Å². The fourth-order valence-corrected chi connectivity index (χ4v) is 1.88. The molecule has 0 saturated carbocycles. The molecule has 1 atom stereocenters. The molecule has 0 amide bonds. The maximum atomic E-state index is 3.96. The molecule has 0 bridgehead atoms. The zero-order valence-corrected chi connectivity index (χ0v) is 7.96. The third-order valence-corrected chi connectivity index (χ3v) is 2.47. The molecule has 0 nitrogen and oxygen atoms in total. The molecule has 1 aliphatic carbocycles. The summed E-state index contributed by atoms with van der Waals surface area (Å²) >= 11 is 0. The van der Waals surface area contributed by atoms with E-state index in [1.807, 2.05) is 0 Å². The first kappa shape index (κ1) is 8.31. The fourth-order valence-electron chi connectivity index (χ4n) is 1.88. The average Bonchev–Trinajstić information content (AvgIpc) is 2.48. The van der Waals surface area contributed by atoms with Gasteiger partial charge in [0.2, 0.25) is 0 Å². The predicted molar refractivity (Wildman–Crippen MR) is 57.6 cm³/mol. The van der Waals surface area contributed by atoms with Crippen LogP contribution < -0.4 is 0 Å². The highest BCUT2D eigenvalue weighted by molar-refractivity contribution is 5.62. The van der Waals surface area contributed by atoms with Gasteiger partial charge in [-0.1, -0.05) is 42.0 Å². The van der Waals surface area contributed by atoms with Crippen LogP contribution in [0.1, 0.15) is 30.4 Å². The van der Waals surface area contributed by atoms with Gasteiger partial charge in [-0.05, 0) is 24.5 Å². The van der Waals surface area contributed by atoms with Gasteiger partial charge in [-0.3, -0.25) is 0 Å². The predicted octanol–water partition coefficient (Wildman–Crippen LogP) is 3.76. The number of allylic oxidation sites excluding steroid dienone is 2. The number of hydrogen-bond acceptors (Lipinski definition) is 0. The van der Waals surface area contributed by atoms with E-state index >= 15 is 0 Å². The van der Waals surface area contributed by atoms with E-state index in [-0.39, 0.29) is 0 Å². The molecule has 1 aromatic rings. The number of hydrogen-bond donors (Lipinski definition) is 0. The highest BCUT2D eigenvalue weighted by atomic mass is 14.2. The van der Waals surface area contributed by atoms with Crippen molar-refractivity contribution in [3.63, 3.8) is 0 Å². The van der Waals surface area contributed by atoms with Gasteiger partial charge in [0.15, 0.2) is 0 Å². The lowest BCUT2D eigenvalue weighted by molar-refractivity contribution is 0.841. The summed E-state index contributed by atoms with van der Waals surface area (Å²) in [7, 11) is 0. The van der Waals surface area contributed by atoms with Crippen molar-refractivity contribution in [2.45, 2.75) is 19.3 Å². The fraction of sp³-hybridized carbons (Fsp3) is 0.231. The summed E-state index contributed by atoms with van der Waals surface area (Å²) in [6.07, 6.45) is 5.57. The quantitative estimate of drug-likeness (QED) is 0.593. The smallest absolute Gasteiger partial charge is 0.00641 e. The monoisotopic (exact) mass is 170 g/mol. The second-order valence-electron chi connectivity index (χ2n) is 3.76. The first-order valence-corrected chi connectivity index (χ1v) is 4.69. The molecule has 0 heterocycles. The number of fused-ring (bicyclic) bond motifs is 1. The van der Waals surface area contributed by atoms with Crippen molar-refractivity contribution in [3.8, 4) is 0 Å². The van der Waals surface area contributed by atoms with Gasteiger partial charge in [0.1, 0.15) is 0 Å². The maximum absolute atomic E-state index is 3.96. The van der Waals surface area contributed by atoms with Crippen molar-refractivity contribution in [1.82, 2.24) is 0 Å². The minimum atomic E-state index is 0.564. The van der Waals surface area contributed by atoms with E-state index in [4.69, 9.17) is 0 Å². The minimum Gasteiger partial charge on any atom is -0.100 e. The molecule has 0 spiro atoms. The van der Waals surface area contributed by atoms with Crippen LogP contribution in [0, 0.1) is 0 Å². The second-order valence-corrected chi connectivity index (χ2v) is 3.76. The zero-order valence-electron chi connectivity index (χ0n) is 7.96. The minimum absolute atomic E-state index is 0.564. The molecular formula is C13H14. The lowest BCUT2D eigenvalue weighted by Gasteiger charge is -2.09. The summed E-state index contributed by atoms with van der Waals surface area (Å²) in [4.78, 5) is 0. The van der Waals surface area contributed by atoms with Crippen LogP contribution in [0.4, 0.5) is 0 Å². The Hall–Kier alpha value is -1.30. The van der Waals surface area contributed by atoms with Crippen LogP contribution >= 0.6 is 0 Å². The summed E-state index contributed by atoms with van der Waals surface area (Å²) in [5.41, 5.74) is 4.07. The normalized spacial score (nSPS) is 18.7. The molecule has 0 heteroatoms. The van der Waals surface area contributed by atoms with Crippen molar-refractivity contribution in [2.24, 2.45) is 0 Å². The Bertz CT molecular complexity index is 358. The van der Waals surface area contributed by atoms with E-state index < -0.39 is 0 Å². The van der Waals surface area contributed by atoms with E-state index in [1.165, 1.54) is 16.7 Å². The molecule has 0 aliphatic heterocycles. The Labute approximate surface area is 79.6 Å². The van der Waals surface area contributed by atoms with Crippen molar-refractivity contribution in [2.75, 3.05) is 0 Å². The Kier molecular flexibility index (Phi) is 2.05. The number of rotatable bonds is 2. The molecule has 1 aliphatic rings. The van der Waals surface area contributed by atoms with Crippen molar-refractivity contribution in [3.05, 3.63) is 53.6 Å². The summed E-state index contributed by atoms with van der Waals surface area (Å²) < 4.78 is 0.